The molecule has 1 aliphatic rings. The second kappa shape index (κ2) is 4.10. The van der Waals surface area contributed by atoms with E-state index in [0.29, 0.717) is 0 Å². The molecule has 1 atom stereocenters. The third-order valence-corrected chi connectivity index (χ3v) is 5.52. The fourth-order valence-electron chi connectivity index (χ4n) is 1.87. The second-order valence-electron chi connectivity index (χ2n) is 5.54. The fourth-order valence-corrected chi connectivity index (χ4v) is 3.46. The largest absolute Gasteiger partial charge is 0.143 e. The van der Waals surface area contributed by atoms with Crippen molar-refractivity contribution >= 4 is 22.9 Å². The molecule has 1 saturated carbocycles. The monoisotopic (exact) mass is 242 g/mol. The first kappa shape index (κ1) is 11.5. The molecule has 1 aliphatic carbocycles. The SMILES string of the molecule is CC(C)(C)c1ccc(C(Cl)C2CCC2)s1. The van der Waals surface area contributed by atoms with Crippen molar-refractivity contribution in [1.82, 2.24) is 0 Å². The van der Waals surface area contributed by atoms with Gasteiger partial charge >= 0.3 is 0 Å². The van der Waals surface area contributed by atoms with Crippen LogP contribution >= 0.6 is 22.9 Å². The lowest BCUT2D eigenvalue weighted by Crippen LogP contribution is -2.15. The highest BCUT2D eigenvalue weighted by Gasteiger charge is 2.28. The topological polar surface area (TPSA) is 0 Å². The molecular formula is C13H19ClS. The van der Waals surface area contributed by atoms with Crippen molar-refractivity contribution in [3.05, 3.63) is 21.9 Å². The van der Waals surface area contributed by atoms with Crippen LogP contribution in [0.4, 0.5) is 0 Å². The smallest absolute Gasteiger partial charge is 0.0706 e. The molecule has 0 N–H and O–H groups in total. The number of hydrogen-bond acceptors (Lipinski definition) is 1. The average molecular weight is 243 g/mol. The Bertz CT molecular complexity index is 331. The Hall–Kier alpha value is -0.0100. The van der Waals surface area contributed by atoms with Gasteiger partial charge in [-0.15, -0.1) is 22.9 Å². The normalized spacial score (nSPS) is 20.0. The Morgan fingerprint density at radius 3 is 2.40 bits per heavy atom. The average Bonchev–Trinajstić information content (AvgIpc) is 2.46. The molecule has 0 saturated heterocycles. The molecule has 0 aromatic carbocycles. The van der Waals surface area contributed by atoms with Crippen LogP contribution in [0.3, 0.4) is 0 Å². The molecule has 1 heterocycles. The van der Waals surface area contributed by atoms with Crippen LogP contribution in [0.1, 0.15) is 55.2 Å². The molecule has 2 heteroatoms. The van der Waals surface area contributed by atoms with E-state index in [0.717, 1.165) is 5.92 Å². The lowest BCUT2D eigenvalue weighted by atomic mass is 9.82. The second-order valence-corrected chi connectivity index (χ2v) is 7.13. The number of halogens is 1. The lowest BCUT2D eigenvalue weighted by Gasteiger charge is -2.29. The molecule has 15 heavy (non-hydrogen) atoms. The molecule has 0 aliphatic heterocycles. The Labute approximate surface area is 102 Å². The molecule has 0 amide bonds. The van der Waals surface area contributed by atoms with Gasteiger partial charge < -0.3 is 0 Å². The van der Waals surface area contributed by atoms with E-state index in [1.165, 1.54) is 29.0 Å². The molecule has 0 spiro atoms. The van der Waals surface area contributed by atoms with Crippen molar-refractivity contribution in [2.24, 2.45) is 5.92 Å². The highest BCUT2D eigenvalue weighted by atomic mass is 35.5. The van der Waals surface area contributed by atoms with Gasteiger partial charge in [-0.25, -0.2) is 0 Å². The highest BCUT2D eigenvalue weighted by molar-refractivity contribution is 7.12. The van der Waals surface area contributed by atoms with E-state index < -0.39 is 0 Å². The summed E-state index contributed by atoms with van der Waals surface area (Å²) in [6.45, 7) is 6.78. The molecule has 0 radical (unpaired) electrons. The number of hydrogen-bond donors (Lipinski definition) is 0. The zero-order valence-electron chi connectivity index (χ0n) is 9.72. The van der Waals surface area contributed by atoms with Crippen LogP contribution in [0.2, 0.25) is 0 Å². The number of alkyl halides is 1. The maximum Gasteiger partial charge on any atom is 0.0706 e. The van der Waals surface area contributed by atoms with Crippen LogP contribution in [-0.4, -0.2) is 0 Å². The third kappa shape index (κ3) is 2.39. The summed E-state index contributed by atoms with van der Waals surface area (Å²) >= 11 is 8.38. The van der Waals surface area contributed by atoms with Crippen molar-refractivity contribution in [2.45, 2.75) is 50.8 Å². The molecule has 1 aromatic heterocycles. The minimum atomic E-state index is 0.263. The Morgan fingerprint density at radius 2 is 2.00 bits per heavy atom. The molecule has 0 nitrogen and oxygen atoms in total. The van der Waals surface area contributed by atoms with E-state index >= 15 is 0 Å². The van der Waals surface area contributed by atoms with Crippen LogP contribution < -0.4 is 0 Å². The van der Waals surface area contributed by atoms with Gasteiger partial charge in [-0.05, 0) is 36.3 Å². The van der Waals surface area contributed by atoms with Crippen LogP contribution in [0.15, 0.2) is 12.1 Å². The summed E-state index contributed by atoms with van der Waals surface area (Å²) in [5, 5.41) is 0.264. The summed E-state index contributed by atoms with van der Waals surface area (Å²) in [4.78, 5) is 2.81. The van der Waals surface area contributed by atoms with E-state index in [2.05, 4.69) is 32.9 Å². The van der Waals surface area contributed by atoms with E-state index in [-0.39, 0.29) is 10.8 Å². The van der Waals surface area contributed by atoms with Gasteiger partial charge in [0.25, 0.3) is 0 Å². The summed E-state index contributed by atoms with van der Waals surface area (Å²) in [6.07, 6.45) is 4.00. The highest BCUT2D eigenvalue weighted by Crippen LogP contribution is 2.45. The zero-order valence-corrected chi connectivity index (χ0v) is 11.3. The Balaban J connectivity index is 2.12. The van der Waals surface area contributed by atoms with Crippen molar-refractivity contribution in [3.8, 4) is 0 Å². The molecule has 1 aromatic rings. The van der Waals surface area contributed by atoms with Gasteiger partial charge in [-0.1, -0.05) is 27.2 Å². The van der Waals surface area contributed by atoms with E-state index in [4.69, 9.17) is 11.6 Å². The quantitative estimate of drug-likeness (QED) is 0.631. The fraction of sp³-hybridized carbons (Fsp3) is 0.692. The molecule has 0 bridgehead atoms. The first-order valence-electron chi connectivity index (χ1n) is 5.73. The first-order valence-corrected chi connectivity index (χ1v) is 6.98. The van der Waals surface area contributed by atoms with E-state index in [1.807, 2.05) is 11.3 Å². The zero-order chi connectivity index (χ0) is 11.1. The summed E-state index contributed by atoms with van der Waals surface area (Å²) in [5.74, 6) is 0.734. The molecule has 1 fully saturated rings. The lowest BCUT2D eigenvalue weighted by molar-refractivity contribution is 0.307. The summed E-state index contributed by atoms with van der Waals surface area (Å²) in [5.41, 5.74) is 0.263. The van der Waals surface area contributed by atoms with Gasteiger partial charge in [0, 0.05) is 9.75 Å². The third-order valence-electron chi connectivity index (χ3n) is 3.20. The van der Waals surface area contributed by atoms with Crippen molar-refractivity contribution in [3.63, 3.8) is 0 Å². The van der Waals surface area contributed by atoms with Crippen LogP contribution in [0, 0.1) is 5.92 Å². The summed E-state index contributed by atoms with van der Waals surface area (Å²) in [7, 11) is 0. The van der Waals surface area contributed by atoms with Crippen LogP contribution in [0.25, 0.3) is 0 Å². The molecular weight excluding hydrogens is 224 g/mol. The van der Waals surface area contributed by atoms with Crippen LogP contribution in [0.5, 0.6) is 0 Å². The van der Waals surface area contributed by atoms with Crippen LogP contribution in [-0.2, 0) is 5.41 Å². The van der Waals surface area contributed by atoms with Gasteiger partial charge in [0.05, 0.1) is 5.38 Å². The molecule has 1 unspecified atom stereocenters. The van der Waals surface area contributed by atoms with Gasteiger partial charge in [0.1, 0.15) is 0 Å². The predicted molar refractivity (Wildman–Crippen MR) is 69.0 cm³/mol. The van der Waals surface area contributed by atoms with Crippen molar-refractivity contribution in [2.75, 3.05) is 0 Å². The minimum Gasteiger partial charge on any atom is -0.143 e. The summed E-state index contributed by atoms with van der Waals surface area (Å²) in [6, 6.07) is 4.47. The van der Waals surface area contributed by atoms with E-state index in [9.17, 15) is 0 Å². The standard InChI is InChI=1S/C13H19ClS/c1-13(2,3)11-8-7-10(15-11)12(14)9-5-4-6-9/h7-9,12H,4-6H2,1-3H3. The molecule has 84 valence electrons. The predicted octanol–water partition coefficient (Wildman–Crippen LogP) is 5.13. The molecule has 2 rings (SSSR count). The van der Waals surface area contributed by atoms with Gasteiger partial charge in [-0.3, -0.25) is 0 Å². The van der Waals surface area contributed by atoms with Gasteiger partial charge in [0.2, 0.25) is 0 Å². The van der Waals surface area contributed by atoms with Crippen molar-refractivity contribution in [1.29, 1.82) is 0 Å². The van der Waals surface area contributed by atoms with Gasteiger partial charge in [0.15, 0.2) is 0 Å². The number of thiophene rings is 1. The Kier molecular flexibility index (Phi) is 3.14. The maximum atomic E-state index is 6.48. The maximum absolute atomic E-state index is 6.48. The van der Waals surface area contributed by atoms with Gasteiger partial charge in [-0.2, -0.15) is 0 Å². The Morgan fingerprint density at radius 1 is 1.33 bits per heavy atom. The minimum absolute atomic E-state index is 0.263. The first-order chi connectivity index (χ1) is 6.98. The summed E-state index contributed by atoms with van der Waals surface area (Å²) < 4.78 is 0. The van der Waals surface area contributed by atoms with E-state index in [1.54, 1.807) is 0 Å². The number of rotatable bonds is 2. The van der Waals surface area contributed by atoms with Crippen molar-refractivity contribution < 1.29 is 0 Å².